The maximum Gasteiger partial charge on any atom is 0.264 e. The van der Waals surface area contributed by atoms with E-state index < -0.39 is 0 Å². The second kappa shape index (κ2) is 9.63. The second-order valence-electron chi connectivity index (χ2n) is 7.46. The van der Waals surface area contributed by atoms with Gasteiger partial charge in [0.15, 0.2) is 10.3 Å². The van der Waals surface area contributed by atoms with Gasteiger partial charge >= 0.3 is 0 Å². The number of hydrogen-bond donors (Lipinski definition) is 2. The molecule has 0 bridgehead atoms. The van der Waals surface area contributed by atoms with Crippen LogP contribution in [-0.2, 0) is 9.59 Å². The molecule has 31 heavy (non-hydrogen) atoms. The van der Waals surface area contributed by atoms with Gasteiger partial charge in [-0.2, -0.15) is 0 Å². The highest BCUT2D eigenvalue weighted by Gasteiger charge is 2.30. The van der Waals surface area contributed by atoms with Crippen molar-refractivity contribution in [3.05, 3.63) is 40.2 Å². The lowest BCUT2D eigenvalue weighted by Crippen LogP contribution is -2.19. The molecule has 2 aliphatic rings. The van der Waals surface area contributed by atoms with Crippen LogP contribution in [0.15, 0.2) is 40.4 Å². The van der Waals surface area contributed by atoms with Crippen LogP contribution in [0, 0.1) is 5.92 Å². The zero-order valence-corrected chi connectivity index (χ0v) is 18.9. The highest BCUT2D eigenvalue weighted by atomic mass is 32.2. The average molecular weight is 458 g/mol. The molecular weight excluding hydrogens is 434 g/mol. The van der Waals surface area contributed by atoms with E-state index in [1.165, 1.54) is 23.1 Å². The van der Waals surface area contributed by atoms with Crippen LogP contribution in [0.5, 0.6) is 5.75 Å². The minimum atomic E-state index is -0.204. The van der Waals surface area contributed by atoms with Crippen LogP contribution in [0.2, 0.25) is 0 Å². The Labute approximate surface area is 188 Å². The summed E-state index contributed by atoms with van der Waals surface area (Å²) in [4.78, 5) is 36.2. The summed E-state index contributed by atoms with van der Waals surface area (Å²) in [5.41, 5.74) is 0.729. The first-order valence-corrected chi connectivity index (χ1v) is 11.5. The van der Waals surface area contributed by atoms with Crippen molar-refractivity contribution >= 4 is 57.0 Å². The van der Waals surface area contributed by atoms with E-state index >= 15 is 0 Å². The number of benzene rings is 1. The van der Waals surface area contributed by atoms with E-state index in [4.69, 9.17) is 4.74 Å². The van der Waals surface area contributed by atoms with Gasteiger partial charge in [-0.25, -0.2) is 9.98 Å². The van der Waals surface area contributed by atoms with Gasteiger partial charge in [0.25, 0.3) is 5.91 Å². The van der Waals surface area contributed by atoms with E-state index in [0.717, 1.165) is 35.7 Å². The number of anilines is 1. The van der Waals surface area contributed by atoms with Crippen molar-refractivity contribution in [3.8, 4) is 5.75 Å². The largest absolute Gasteiger partial charge is 0.492 e. The van der Waals surface area contributed by atoms with Crippen molar-refractivity contribution in [1.29, 1.82) is 0 Å². The quantitative estimate of drug-likeness (QED) is 0.591. The summed E-state index contributed by atoms with van der Waals surface area (Å²) in [6, 6.07) is 7.43. The predicted octanol–water partition coefficient (Wildman–Crippen LogP) is 3.32. The maximum absolute atomic E-state index is 12.3. The van der Waals surface area contributed by atoms with Crippen molar-refractivity contribution in [2.75, 3.05) is 32.6 Å². The zero-order valence-electron chi connectivity index (χ0n) is 17.3. The Morgan fingerprint density at radius 3 is 2.84 bits per heavy atom. The highest BCUT2D eigenvalue weighted by molar-refractivity contribution is 8.18. The molecular formula is C21H23N5O3S2. The van der Waals surface area contributed by atoms with Gasteiger partial charge in [0.2, 0.25) is 5.91 Å². The number of carbonyl (C=O) groups is 2. The number of amidine groups is 1. The molecule has 0 atom stereocenters. The third-order valence-electron chi connectivity index (χ3n) is 4.50. The molecule has 1 aliphatic heterocycles. The molecule has 0 spiro atoms. The summed E-state index contributed by atoms with van der Waals surface area (Å²) in [6.07, 6.45) is 5.30. The monoisotopic (exact) mass is 457 g/mol. The van der Waals surface area contributed by atoms with Gasteiger partial charge < -0.3 is 20.3 Å². The van der Waals surface area contributed by atoms with Crippen molar-refractivity contribution in [2.24, 2.45) is 10.9 Å². The number of likely N-dealkylation sites (N-methyl/N-ethyl adjacent to an activating group) is 1. The number of ether oxygens (including phenoxy) is 1. The summed E-state index contributed by atoms with van der Waals surface area (Å²) in [6.45, 7) is 1.46. The SMILES string of the molecule is CN(C)CCOc1ccc(N=C2NC(=O)C(=Cc3cnc(NC(=O)C4CC4)s3)S2)cc1. The Bertz CT molecular complexity index is 1030. The Hall–Kier alpha value is -2.69. The number of amides is 2. The molecule has 2 aromatic rings. The molecule has 2 amide bonds. The Balaban J connectivity index is 1.35. The fourth-order valence-corrected chi connectivity index (χ4v) is 4.32. The Kier molecular flexibility index (Phi) is 6.69. The first-order valence-electron chi connectivity index (χ1n) is 9.90. The van der Waals surface area contributed by atoms with E-state index in [0.29, 0.717) is 21.8 Å². The number of nitrogens with zero attached hydrogens (tertiary/aromatic N) is 3. The lowest BCUT2D eigenvalue weighted by molar-refractivity contribution is -0.117. The smallest absolute Gasteiger partial charge is 0.264 e. The van der Waals surface area contributed by atoms with E-state index in [1.54, 1.807) is 12.3 Å². The van der Waals surface area contributed by atoms with Crippen LogP contribution in [0.3, 0.4) is 0 Å². The zero-order chi connectivity index (χ0) is 21.8. The van der Waals surface area contributed by atoms with Crippen molar-refractivity contribution in [2.45, 2.75) is 12.8 Å². The maximum atomic E-state index is 12.3. The third kappa shape index (κ3) is 6.16. The summed E-state index contributed by atoms with van der Waals surface area (Å²) < 4.78 is 5.68. The average Bonchev–Trinajstić information content (AvgIpc) is 3.41. The molecule has 4 rings (SSSR count). The molecule has 0 radical (unpaired) electrons. The molecule has 1 aromatic carbocycles. The van der Waals surface area contributed by atoms with Crippen LogP contribution in [-0.4, -0.2) is 54.1 Å². The fraction of sp³-hybridized carbons (Fsp3) is 0.333. The molecule has 2 N–H and O–H groups in total. The summed E-state index contributed by atoms with van der Waals surface area (Å²) in [5, 5.41) is 6.67. The first-order chi connectivity index (χ1) is 15.0. The van der Waals surface area contributed by atoms with Crippen LogP contribution in [0.25, 0.3) is 6.08 Å². The van der Waals surface area contributed by atoms with Gasteiger partial charge in [-0.1, -0.05) is 11.3 Å². The standard InChI is InChI=1S/C21H23N5O3S2/c1-26(2)9-10-29-15-7-5-14(6-8-15)23-21-25-19(28)17(31-21)11-16-12-22-20(30-16)24-18(27)13-3-4-13/h5-8,11-13H,3-4,9-10H2,1-2H3,(H,22,24,27)(H,23,25,28). The molecule has 1 aromatic heterocycles. The topological polar surface area (TPSA) is 95.9 Å². The second-order valence-corrected chi connectivity index (χ2v) is 9.55. The normalized spacial score (nSPS) is 18.6. The van der Waals surface area contributed by atoms with Crippen LogP contribution in [0.4, 0.5) is 10.8 Å². The van der Waals surface area contributed by atoms with Gasteiger partial charge in [0, 0.05) is 18.7 Å². The molecule has 1 aliphatic carbocycles. The minimum Gasteiger partial charge on any atom is -0.492 e. The van der Waals surface area contributed by atoms with Crippen LogP contribution >= 0.6 is 23.1 Å². The number of thiazole rings is 1. The van der Waals surface area contributed by atoms with E-state index in [9.17, 15) is 9.59 Å². The Morgan fingerprint density at radius 2 is 2.13 bits per heavy atom. The summed E-state index contributed by atoms with van der Waals surface area (Å²) in [5.74, 6) is 0.720. The van der Waals surface area contributed by atoms with Gasteiger partial charge in [-0.3, -0.25) is 9.59 Å². The lowest BCUT2D eigenvalue weighted by atomic mass is 10.3. The number of nitrogens with one attached hydrogen (secondary N) is 2. The number of aliphatic imine (C=N–C) groups is 1. The van der Waals surface area contributed by atoms with Crippen molar-refractivity contribution < 1.29 is 14.3 Å². The molecule has 10 heteroatoms. The van der Waals surface area contributed by atoms with Gasteiger partial charge in [-0.05, 0) is 69.0 Å². The lowest BCUT2D eigenvalue weighted by Gasteiger charge is -2.10. The van der Waals surface area contributed by atoms with Crippen LogP contribution in [0.1, 0.15) is 17.7 Å². The van der Waals surface area contributed by atoms with Gasteiger partial charge in [0.1, 0.15) is 12.4 Å². The van der Waals surface area contributed by atoms with E-state index in [2.05, 4.69) is 25.5 Å². The number of aromatic nitrogens is 1. The molecule has 1 saturated heterocycles. The van der Waals surface area contributed by atoms with Crippen molar-refractivity contribution in [3.63, 3.8) is 0 Å². The highest BCUT2D eigenvalue weighted by Crippen LogP contribution is 2.33. The van der Waals surface area contributed by atoms with Crippen molar-refractivity contribution in [1.82, 2.24) is 15.2 Å². The minimum absolute atomic E-state index is 0.0186. The molecule has 0 unspecified atom stereocenters. The van der Waals surface area contributed by atoms with Gasteiger partial charge in [-0.15, -0.1) is 0 Å². The van der Waals surface area contributed by atoms with Crippen LogP contribution < -0.4 is 15.4 Å². The van der Waals surface area contributed by atoms with E-state index in [1.807, 2.05) is 38.4 Å². The number of thioether (sulfide) groups is 1. The fourth-order valence-electron chi connectivity index (χ4n) is 2.65. The molecule has 162 valence electrons. The predicted molar refractivity (Wildman–Crippen MR) is 125 cm³/mol. The molecule has 2 fully saturated rings. The van der Waals surface area contributed by atoms with E-state index in [-0.39, 0.29) is 17.7 Å². The molecule has 8 nitrogen and oxygen atoms in total. The molecule has 1 saturated carbocycles. The molecule has 2 heterocycles. The Morgan fingerprint density at radius 1 is 1.35 bits per heavy atom. The number of hydrogen-bond acceptors (Lipinski definition) is 8. The van der Waals surface area contributed by atoms with Gasteiger partial charge in [0.05, 0.1) is 15.5 Å². The number of rotatable bonds is 8. The summed E-state index contributed by atoms with van der Waals surface area (Å²) >= 11 is 2.61. The first kappa shape index (κ1) is 21.5. The third-order valence-corrected chi connectivity index (χ3v) is 6.27. The summed E-state index contributed by atoms with van der Waals surface area (Å²) in [7, 11) is 4.00. The number of carbonyl (C=O) groups excluding carboxylic acids is 2.